The predicted molar refractivity (Wildman–Crippen MR) is 90.3 cm³/mol. The normalized spacial score (nSPS) is 28.4. The lowest BCUT2D eigenvalue weighted by atomic mass is 9.72. The number of aliphatic hydroxyl groups excluding tert-OH is 1. The Balaban J connectivity index is 2.06. The first-order valence-electron chi connectivity index (χ1n) is 8.58. The third-order valence-corrected chi connectivity index (χ3v) is 5.12. The minimum atomic E-state index is -0.685. The number of hydrogen-bond donors (Lipinski definition) is 2. The van der Waals surface area contributed by atoms with Crippen LogP contribution in [0.5, 0.6) is 0 Å². The third-order valence-electron chi connectivity index (χ3n) is 5.12. The zero-order valence-electron chi connectivity index (χ0n) is 15.0. The van der Waals surface area contributed by atoms with Gasteiger partial charge in [0.05, 0.1) is 12.6 Å². The van der Waals surface area contributed by atoms with E-state index < -0.39 is 35.2 Å². The Morgan fingerprint density at radius 3 is 2.48 bits per heavy atom. The predicted octanol–water partition coefficient (Wildman–Crippen LogP) is 0.981. The van der Waals surface area contributed by atoms with Crippen LogP contribution in [0.3, 0.4) is 0 Å². The Bertz CT molecular complexity index is 791. The summed E-state index contributed by atoms with van der Waals surface area (Å²) in [5, 5.41) is 9.84. The number of carbonyl (C=O) groups excluding carboxylic acids is 1. The average Bonchev–Trinajstić information content (AvgIpc) is 2.67. The number of aromatic nitrogens is 2. The van der Waals surface area contributed by atoms with E-state index in [2.05, 4.69) is 4.98 Å². The standard InChI is InChI=1S/C17H25N3O5/c1-9-7-19(15(23)18-13(9)22)14-11-6-5-10(11)12(8-21)20(14)16(24)25-17(2,3)4/h7,10-12,14,21H,5-6,8H2,1-4H3,(H,18,22,23)/t10-,11+,12+,14+/m0/s1. The van der Waals surface area contributed by atoms with Crippen LogP contribution < -0.4 is 11.2 Å². The van der Waals surface area contributed by atoms with Gasteiger partial charge in [-0.3, -0.25) is 19.2 Å². The van der Waals surface area contributed by atoms with E-state index >= 15 is 0 Å². The minimum Gasteiger partial charge on any atom is -0.444 e. The van der Waals surface area contributed by atoms with Gasteiger partial charge >= 0.3 is 11.8 Å². The number of ether oxygens (including phenoxy) is 1. The fourth-order valence-electron chi connectivity index (χ4n) is 3.91. The SMILES string of the molecule is Cc1cn([C@H]2[C@@H]3CC[C@@H]3[C@@H](CO)N2C(=O)OC(C)(C)C)c(=O)[nH]c1=O. The molecule has 1 aliphatic heterocycles. The van der Waals surface area contributed by atoms with Gasteiger partial charge in [-0.1, -0.05) is 0 Å². The first kappa shape index (κ1) is 17.7. The minimum absolute atomic E-state index is 0.0627. The van der Waals surface area contributed by atoms with Crippen LogP contribution in [0, 0.1) is 18.8 Å². The molecule has 1 aromatic heterocycles. The zero-order valence-corrected chi connectivity index (χ0v) is 15.0. The molecule has 2 fully saturated rings. The number of aliphatic hydroxyl groups is 1. The van der Waals surface area contributed by atoms with Gasteiger partial charge in [0.25, 0.3) is 5.56 Å². The summed E-state index contributed by atoms with van der Waals surface area (Å²) in [6.07, 6.45) is 2.12. The molecule has 138 valence electrons. The molecule has 0 bridgehead atoms. The van der Waals surface area contributed by atoms with Gasteiger partial charge in [0.15, 0.2) is 0 Å². The number of hydrogen-bond acceptors (Lipinski definition) is 5. The smallest absolute Gasteiger partial charge is 0.412 e. The van der Waals surface area contributed by atoms with Crippen molar-refractivity contribution in [3.8, 4) is 0 Å². The Morgan fingerprint density at radius 1 is 1.32 bits per heavy atom. The highest BCUT2D eigenvalue weighted by Gasteiger charge is 2.56. The number of nitrogens with one attached hydrogen (secondary N) is 1. The summed E-state index contributed by atoms with van der Waals surface area (Å²) < 4.78 is 6.91. The molecule has 2 N–H and O–H groups in total. The Hall–Kier alpha value is -2.09. The lowest BCUT2D eigenvalue weighted by molar-refractivity contribution is -0.00208. The van der Waals surface area contributed by atoms with Gasteiger partial charge in [-0.15, -0.1) is 0 Å². The first-order chi connectivity index (χ1) is 11.6. The van der Waals surface area contributed by atoms with Crippen LogP contribution in [0.1, 0.15) is 45.3 Å². The molecule has 3 rings (SSSR count). The topological polar surface area (TPSA) is 105 Å². The van der Waals surface area contributed by atoms with Gasteiger partial charge in [0, 0.05) is 17.7 Å². The summed E-state index contributed by atoms with van der Waals surface area (Å²) in [5.74, 6) is 0.189. The van der Waals surface area contributed by atoms with Crippen LogP contribution in [0.25, 0.3) is 0 Å². The van der Waals surface area contributed by atoms with Crippen molar-refractivity contribution in [2.45, 2.75) is 58.3 Å². The van der Waals surface area contributed by atoms with Crippen molar-refractivity contribution in [1.82, 2.24) is 14.5 Å². The molecular formula is C17H25N3O5. The first-order valence-corrected chi connectivity index (χ1v) is 8.58. The number of nitrogens with zero attached hydrogens (tertiary/aromatic N) is 2. The van der Waals surface area contributed by atoms with Crippen LogP contribution >= 0.6 is 0 Å². The van der Waals surface area contributed by atoms with Gasteiger partial charge in [0.2, 0.25) is 0 Å². The second kappa shape index (κ2) is 6.01. The van der Waals surface area contributed by atoms with Gasteiger partial charge < -0.3 is 9.84 Å². The fourth-order valence-corrected chi connectivity index (χ4v) is 3.91. The molecule has 1 aliphatic carbocycles. The summed E-state index contributed by atoms with van der Waals surface area (Å²) in [6, 6.07) is -0.391. The van der Waals surface area contributed by atoms with Crippen LogP contribution in [-0.4, -0.2) is 43.9 Å². The van der Waals surface area contributed by atoms with Crippen molar-refractivity contribution in [1.29, 1.82) is 0 Å². The average molecular weight is 351 g/mol. The summed E-state index contributed by atoms with van der Waals surface area (Å²) in [5.41, 5.74) is -1.28. The van der Waals surface area contributed by atoms with Crippen molar-refractivity contribution in [3.63, 3.8) is 0 Å². The molecule has 1 saturated heterocycles. The maximum absolute atomic E-state index is 12.8. The molecule has 1 saturated carbocycles. The maximum atomic E-state index is 12.8. The molecule has 1 amide bonds. The maximum Gasteiger partial charge on any atom is 0.412 e. The second-order valence-electron chi connectivity index (χ2n) is 7.93. The van der Waals surface area contributed by atoms with E-state index in [9.17, 15) is 19.5 Å². The summed E-state index contributed by atoms with van der Waals surface area (Å²) in [4.78, 5) is 40.6. The zero-order chi connectivity index (χ0) is 18.5. The second-order valence-corrected chi connectivity index (χ2v) is 7.93. The number of carbonyl (C=O) groups is 1. The lowest BCUT2D eigenvalue weighted by Crippen LogP contribution is -2.47. The molecule has 0 spiro atoms. The Kier molecular flexibility index (Phi) is 4.26. The highest BCUT2D eigenvalue weighted by Crippen LogP contribution is 2.53. The highest BCUT2D eigenvalue weighted by molar-refractivity contribution is 5.69. The lowest BCUT2D eigenvalue weighted by Gasteiger charge is -2.34. The number of aryl methyl sites for hydroxylation is 1. The van der Waals surface area contributed by atoms with E-state index in [0.29, 0.717) is 5.56 Å². The van der Waals surface area contributed by atoms with Crippen molar-refractivity contribution < 1.29 is 14.6 Å². The molecular weight excluding hydrogens is 326 g/mol. The molecule has 2 aliphatic rings. The molecule has 1 aromatic rings. The van der Waals surface area contributed by atoms with E-state index in [1.54, 1.807) is 27.7 Å². The number of likely N-dealkylation sites (tertiary alicyclic amines) is 1. The van der Waals surface area contributed by atoms with Crippen LogP contribution in [0.15, 0.2) is 15.8 Å². The number of aromatic amines is 1. The van der Waals surface area contributed by atoms with Gasteiger partial charge in [-0.2, -0.15) is 0 Å². The quantitative estimate of drug-likeness (QED) is 0.826. The van der Waals surface area contributed by atoms with Crippen molar-refractivity contribution in [2.24, 2.45) is 11.8 Å². The van der Waals surface area contributed by atoms with Gasteiger partial charge in [-0.05, 0) is 46.5 Å². The van der Waals surface area contributed by atoms with Gasteiger partial charge in [0.1, 0.15) is 11.8 Å². The van der Waals surface area contributed by atoms with Crippen molar-refractivity contribution in [3.05, 3.63) is 32.6 Å². The molecule has 4 atom stereocenters. The molecule has 8 nitrogen and oxygen atoms in total. The van der Waals surface area contributed by atoms with E-state index in [-0.39, 0.29) is 18.4 Å². The molecule has 0 aromatic carbocycles. The molecule has 8 heteroatoms. The third kappa shape index (κ3) is 2.99. The molecule has 2 heterocycles. The number of fused-ring (bicyclic) bond motifs is 1. The van der Waals surface area contributed by atoms with E-state index in [4.69, 9.17) is 4.74 Å². The van der Waals surface area contributed by atoms with Crippen LogP contribution in [0.4, 0.5) is 4.79 Å². The fraction of sp³-hybridized carbons (Fsp3) is 0.706. The summed E-state index contributed by atoms with van der Waals surface area (Å²) >= 11 is 0. The number of amides is 1. The number of H-pyrrole nitrogens is 1. The van der Waals surface area contributed by atoms with Gasteiger partial charge in [-0.25, -0.2) is 9.59 Å². The molecule has 25 heavy (non-hydrogen) atoms. The van der Waals surface area contributed by atoms with Crippen LogP contribution in [0.2, 0.25) is 0 Å². The van der Waals surface area contributed by atoms with E-state index in [1.165, 1.54) is 15.7 Å². The monoisotopic (exact) mass is 351 g/mol. The summed E-state index contributed by atoms with van der Waals surface area (Å²) in [7, 11) is 0. The largest absolute Gasteiger partial charge is 0.444 e. The Labute approximate surface area is 145 Å². The number of rotatable bonds is 2. The van der Waals surface area contributed by atoms with Crippen molar-refractivity contribution >= 4 is 6.09 Å². The summed E-state index contributed by atoms with van der Waals surface area (Å²) in [6.45, 7) is 6.75. The van der Waals surface area contributed by atoms with E-state index in [1.807, 2.05) is 0 Å². The molecule has 0 radical (unpaired) electrons. The van der Waals surface area contributed by atoms with Crippen molar-refractivity contribution in [2.75, 3.05) is 6.61 Å². The van der Waals surface area contributed by atoms with E-state index in [0.717, 1.165) is 12.8 Å². The molecule has 0 unspecified atom stereocenters. The highest BCUT2D eigenvalue weighted by atomic mass is 16.6. The Morgan fingerprint density at radius 2 is 1.96 bits per heavy atom. The van der Waals surface area contributed by atoms with Crippen LogP contribution in [-0.2, 0) is 4.74 Å².